The molecule has 0 bridgehead atoms. The highest BCUT2D eigenvalue weighted by atomic mass is 79.9. The Morgan fingerprint density at radius 1 is 1.47 bits per heavy atom. The maximum atomic E-state index is 3.49. The zero-order chi connectivity index (χ0) is 12.1. The number of nitrogens with one attached hydrogen (secondary N) is 1. The van der Waals surface area contributed by atoms with E-state index in [1.807, 2.05) is 0 Å². The number of rotatable bonds is 4. The van der Waals surface area contributed by atoms with E-state index >= 15 is 0 Å². The van der Waals surface area contributed by atoms with Gasteiger partial charge in [-0.25, -0.2) is 0 Å². The van der Waals surface area contributed by atoms with Crippen molar-refractivity contribution in [2.24, 2.45) is 5.92 Å². The fourth-order valence-corrected chi connectivity index (χ4v) is 2.85. The second-order valence-corrected chi connectivity index (χ2v) is 5.90. The van der Waals surface area contributed by atoms with Crippen LogP contribution in [0.1, 0.15) is 19.8 Å². The van der Waals surface area contributed by atoms with Gasteiger partial charge in [0.1, 0.15) is 0 Å². The van der Waals surface area contributed by atoms with Crippen molar-refractivity contribution in [3.8, 4) is 0 Å². The van der Waals surface area contributed by atoms with Crippen molar-refractivity contribution in [2.75, 3.05) is 31.5 Å². The predicted molar refractivity (Wildman–Crippen MR) is 77.5 cm³/mol. The summed E-state index contributed by atoms with van der Waals surface area (Å²) in [5.74, 6) is 0.870. The summed E-state index contributed by atoms with van der Waals surface area (Å²) < 4.78 is 1.13. The molecule has 0 aliphatic carbocycles. The third-order valence-electron chi connectivity index (χ3n) is 3.32. The number of nitrogens with zero attached hydrogens (tertiary/aromatic N) is 1. The monoisotopic (exact) mass is 296 g/mol. The predicted octanol–water partition coefficient (Wildman–Crippen LogP) is 3.59. The van der Waals surface area contributed by atoms with E-state index in [1.54, 1.807) is 0 Å². The van der Waals surface area contributed by atoms with Gasteiger partial charge in [0.2, 0.25) is 0 Å². The van der Waals surface area contributed by atoms with E-state index < -0.39 is 0 Å². The van der Waals surface area contributed by atoms with E-state index in [9.17, 15) is 0 Å². The van der Waals surface area contributed by atoms with Crippen LogP contribution in [0.3, 0.4) is 0 Å². The SMILES string of the molecule is CC1CCCN(CCNc2cccc(Br)c2)C1. The Kier molecular flexibility index (Phi) is 4.86. The number of hydrogen-bond acceptors (Lipinski definition) is 2. The number of benzene rings is 1. The summed E-state index contributed by atoms with van der Waals surface area (Å²) in [4.78, 5) is 2.57. The van der Waals surface area contributed by atoms with Crippen LogP contribution in [0.15, 0.2) is 28.7 Å². The Bertz CT molecular complexity index is 354. The molecule has 94 valence electrons. The van der Waals surface area contributed by atoms with E-state index in [0.717, 1.165) is 23.5 Å². The molecule has 1 atom stereocenters. The minimum Gasteiger partial charge on any atom is -0.384 e. The summed E-state index contributed by atoms with van der Waals surface area (Å²) in [7, 11) is 0. The quantitative estimate of drug-likeness (QED) is 0.913. The minimum atomic E-state index is 0.870. The van der Waals surface area contributed by atoms with Crippen LogP contribution in [0.4, 0.5) is 5.69 Å². The van der Waals surface area contributed by atoms with Crippen LogP contribution in [0.2, 0.25) is 0 Å². The lowest BCUT2D eigenvalue weighted by Crippen LogP contribution is -2.37. The number of hydrogen-bond donors (Lipinski definition) is 1. The molecule has 3 heteroatoms. The lowest BCUT2D eigenvalue weighted by atomic mass is 10.0. The van der Waals surface area contributed by atoms with Crippen molar-refractivity contribution in [2.45, 2.75) is 19.8 Å². The fourth-order valence-electron chi connectivity index (χ4n) is 2.45. The van der Waals surface area contributed by atoms with Crippen molar-refractivity contribution in [1.29, 1.82) is 0 Å². The lowest BCUT2D eigenvalue weighted by molar-refractivity contribution is 0.190. The third-order valence-corrected chi connectivity index (χ3v) is 3.82. The molecule has 1 heterocycles. The molecule has 1 aliphatic heterocycles. The number of likely N-dealkylation sites (tertiary alicyclic amines) is 1. The summed E-state index contributed by atoms with van der Waals surface area (Å²) in [6.45, 7) is 7.07. The highest BCUT2D eigenvalue weighted by Gasteiger charge is 2.15. The molecule has 0 spiro atoms. The standard InChI is InChI=1S/C14H21BrN2/c1-12-4-3-8-17(11-12)9-7-16-14-6-2-5-13(15)10-14/h2,5-6,10,12,16H,3-4,7-9,11H2,1H3. The van der Waals surface area contributed by atoms with Crippen LogP contribution in [-0.4, -0.2) is 31.1 Å². The normalized spacial score (nSPS) is 21.4. The molecule has 0 amide bonds. The molecule has 1 unspecified atom stereocenters. The zero-order valence-electron chi connectivity index (χ0n) is 10.5. The van der Waals surface area contributed by atoms with E-state index in [2.05, 4.69) is 57.3 Å². The molecule has 1 aliphatic rings. The number of halogens is 1. The molecule has 1 saturated heterocycles. The molecular formula is C14H21BrN2. The minimum absolute atomic E-state index is 0.870. The van der Waals surface area contributed by atoms with Crippen molar-refractivity contribution in [3.63, 3.8) is 0 Å². The highest BCUT2D eigenvalue weighted by Crippen LogP contribution is 2.16. The molecule has 2 nitrogen and oxygen atoms in total. The van der Waals surface area contributed by atoms with Crippen LogP contribution >= 0.6 is 15.9 Å². The molecule has 1 aromatic rings. The van der Waals surface area contributed by atoms with Gasteiger partial charge in [-0.05, 0) is 43.5 Å². The molecule has 1 fully saturated rings. The van der Waals surface area contributed by atoms with Gasteiger partial charge in [0, 0.05) is 29.8 Å². The zero-order valence-corrected chi connectivity index (χ0v) is 12.0. The van der Waals surface area contributed by atoms with Gasteiger partial charge < -0.3 is 10.2 Å². The Labute approximate surface area is 113 Å². The first-order valence-electron chi connectivity index (χ1n) is 6.46. The Balaban J connectivity index is 1.72. The van der Waals surface area contributed by atoms with E-state index in [0.29, 0.717) is 0 Å². The van der Waals surface area contributed by atoms with Gasteiger partial charge in [-0.1, -0.05) is 28.9 Å². The van der Waals surface area contributed by atoms with Gasteiger partial charge in [-0.2, -0.15) is 0 Å². The summed E-state index contributed by atoms with van der Waals surface area (Å²) in [5, 5.41) is 3.48. The van der Waals surface area contributed by atoms with Crippen molar-refractivity contribution >= 4 is 21.6 Å². The van der Waals surface area contributed by atoms with Crippen LogP contribution in [0.5, 0.6) is 0 Å². The third kappa shape index (κ3) is 4.32. The van der Waals surface area contributed by atoms with Gasteiger partial charge in [-0.15, -0.1) is 0 Å². The molecule has 0 radical (unpaired) electrons. The van der Waals surface area contributed by atoms with E-state index in [1.165, 1.54) is 31.6 Å². The van der Waals surface area contributed by atoms with Crippen LogP contribution in [-0.2, 0) is 0 Å². The highest BCUT2D eigenvalue weighted by molar-refractivity contribution is 9.10. The summed E-state index contributed by atoms with van der Waals surface area (Å²) in [6.07, 6.45) is 2.76. The van der Waals surface area contributed by atoms with Crippen molar-refractivity contribution < 1.29 is 0 Å². The van der Waals surface area contributed by atoms with Crippen molar-refractivity contribution in [3.05, 3.63) is 28.7 Å². The average molecular weight is 297 g/mol. The summed E-state index contributed by atoms with van der Waals surface area (Å²) >= 11 is 3.49. The van der Waals surface area contributed by atoms with Gasteiger partial charge >= 0.3 is 0 Å². The van der Waals surface area contributed by atoms with Crippen LogP contribution in [0.25, 0.3) is 0 Å². The number of piperidine rings is 1. The van der Waals surface area contributed by atoms with Gasteiger partial charge in [0.15, 0.2) is 0 Å². The van der Waals surface area contributed by atoms with Gasteiger partial charge in [0.05, 0.1) is 0 Å². The molecule has 0 saturated carbocycles. The molecule has 1 aromatic carbocycles. The fraction of sp³-hybridized carbons (Fsp3) is 0.571. The van der Waals surface area contributed by atoms with E-state index in [-0.39, 0.29) is 0 Å². The van der Waals surface area contributed by atoms with Crippen LogP contribution < -0.4 is 5.32 Å². The average Bonchev–Trinajstić information content (AvgIpc) is 2.29. The van der Waals surface area contributed by atoms with E-state index in [4.69, 9.17) is 0 Å². The topological polar surface area (TPSA) is 15.3 Å². The van der Waals surface area contributed by atoms with Gasteiger partial charge in [-0.3, -0.25) is 0 Å². The smallest absolute Gasteiger partial charge is 0.0351 e. The first kappa shape index (κ1) is 12.9. The Morgan fingerprint density at radius 3 is 3.12 bits per heavy atom. The maximum Gasteiger partial charge on any atom is 0.0351 e. The molecule has 1 N–H and O–H groups in total. The largest absolute Gasteiger partial charge is 0.384 e. The molecule has 0 aromatic heterocycles. The van der Waals surface area contributed by atoms with Gasteiger partial charge in [0.25, 0.3) is 0 Å². The van der Waals surface area contributed by atoms with Crippen molar-refractivity contribution in [1.82, 2.24) is 4.90 Å². The molecular weight excluding hydrogens is 276 g/mol. The first-order valence-corrected chi connectivity index (χ1v) is 7.25. The van der Waals surface area contributed by atoms with Crippen LogP contribution in [0, 0.1) is 5.92 Å². The molecule has 2 rings (SSSR count). The second-order valence-electron chi connectivity index (χ2n) is 4.99. The maximum absolute atomic E-state index is 3.49. The number of anilines is 1. The second kappa shape index (κ2) is 6.41. The first-order chi connectivity index (χ1) is 8.24. The Hall–Kier alpha value is -0.540. The summed E-state index contributed by atoms with van der Waals surface area (Å²) in [6, 6.07) is 8.36. The Morgan fingerprint density at radius 2 is 2.35 bits per heavy atom. The lowest BCUT2D eigenvalue weighted by Gasteiger charge is -2.30. The molecule has 17 heavy (non-hydrogen) atoms. The summed E-state index contributed by atoms with van der Waals surface area (Å²) in [5.41, 5.74) is 1.20.